The molecule has 2 saturated carbocycles. The van der Waals surface area contributed by atoms with Gasteiger partial charge in [-0.3, -0.25) is 0 Å². The fourth-order valence-electron chi connectivity index (χ4n) is 5.20. The predicted octanol–water partition coefficient (Wildman–Crippen LogP) is 1.39. The molecule has 3 heterocycles. The lowest BCUT2D eigenvalue weighted by Gasteiger charge is -2.39. The molecule has 5 aliphatic rings. The van der Waals surface area contributed by atoms with E-state index in [0.717, 1.165) is 31.2 Å². The summed E-state index contributed by atoms with van der Waals surface area (Å²) in [7, 11) is -2.93. The molecule has 0 aromatic carbocycles. The maximum Gasteiger partial charge on any atom is 0.317 e. The van der Waals surface area contributed by atoms with Crippen molar-refractivity contribution < 1.29 is 13.2 Å². The molecule has 2 amide bonds. The van der Waals surface area contributed by atoms with E-state index in [-0.39, 0.29) is 23.6 Å². The van der Waals surface area contributed by atoms with Crippen molar-refractivity contribution in [2.75, 3.05) is 18.1 Å². The van der Waals surface area contributed by atoms with Gasteiger partial charge in [-0.05, 0) is 56.3 Å². The van der Waals surface area contributed by atoms with E-state index < -0.39 is 9.84 Å². The molecule has 3 aliphatic heterocycles. The standard InChI is InChI=1S/C15H24N2O3S/c18-15(16-13-1-2-21(19,20)9-13)17-8-12-4-10-3-11(5-12)7-14(17)6-10/h10-14H,1-9H2,(H,16,18)/t10-,11+,12?,13-,14?/m1/s1. The van der Waals surface area contributed by atoms with Crippen LogP contribution in [0.1, 0.15) is 38.5 Å². The highest BCUT2D eigenvalue weighted by Crippen LogP contribution is 2.47. The van der Waals surface area contributed by atoms with E-state index in [1.165, 1.54) is 19.3 Å². The molecule has 21 heavy (non-hydrogen) atoms. The van der Waals surface area contributed by atoms with E-state index in [2.05, 4.69) is 5.32 Å². The molecular formula is C15H24N2O3S. The van der Waals surface area contributed by atoms with Gasteiger partial charge in [0.1, 0.15) is 0 Å². The molecule has 4 bridgehead atoms. The zero-order valence-electron chi connectivity index (χ0n) is 12.3. The van der Waals surface area contributed by atoms with Gasteiger partial charge in [0.2, 0.25) is 0 Å². The van der Waals surface area contributed by atoms with Crippen LogP contribution in [0.4, 0.5) is 4.79 Å². The summed E-state index contributed by atoms with van der Waals surface area (Å²) in [6.07, 6.45) is 6.82. The highest BCUT2D eigenvalue weighted by atomic mass is 32.2. The van der Waals surface area contributed by atoms with Crippen LogP contribution < -0.4 is 5.32 Å². The highest BCUT2D eigenvalue weighted by molar-refractivity contribution is 7.91. The number of hydrogen-bond donors (Lipinski definition) is 1. The SMILES string of the molecule is O=C(N[C@@H]1CCS(=O)(=O)C1)N1CC2C[C@@H]3CC1C[C@H](C2)C3. The average Bonchev–Trinajstić information content (AvgIpc) is 2.60. The first-order chi connectivity index (χ1) is 9.98. The van der Waals surface area contributed by atoms with Gasteiger partial charge in [-0.2, -0.15) is 0 Å². The van der Waals surface area contributed by atoms with Crippen LogP contribution in [-0.4, -0.2) is 49.5 Å². The molecule has 5 nitrogen and oxygen atoms in total. The van der Waals surface area contributed by atoms with Crippen LogP contribution in [-0.2, 0) is 9.84 Å². The minimum absolute atomic E-state index is 0.0182. The van der Waals surface area contributed by atoms with E-state index >= 15 is 0 Å². The lowest BCUT2D eigenvalue weighted by Crippen LogP contribution is -2.50. The lowest BCUT2D eigenvalue weighted by atomic mass is 9.68. The summed E-state index contributed by atoms with van der Waals surface area (Å²) in [5.41, 5.74) is 0. The Hall–Kier alpha value is -0.780. The van der Waals surface area contributed by atoms with Gasteiger partial charge in [0.25, 0.3) is 0 Å². The third-order valence-electron chi connectivity index (χ3n) is 5.93. The minimum atomic E-state index is -2.93. The first kappa shape index (κ1) is 13.9. The normalized spacial score (nSPS) is 43.8. The summed E-state index contributed by atoms with van der Waals surface area (Å²) in [5, 5.41) is 2.98. The van der Waals surface area contributed by atoms with Crippen LogP contribution in [0.25, 0.3) is 0 Å². The maximum absolute atomic E-state index is 12.6. The summed E-state index contributed by atoms with van der Waals surface area (Å²) < 4.78 is 23.0. The summed E-state index contributed by atoms with van der Waals surface area (Å²) >= 11 is 0. The number of hydrogen-bond acceptors (Lipinski definition) is 3. The summed E-state index contributed by atoms with van der Waals surface area (Å²) in [6.45, 7) is 0.878. The second kappa shape index (κ2) is 4.86. The summed E-state index contributed by atoms with van der Waals surface area (Å²) in [4.78, 5) is 14.6. The van der Waals surface area contributed by atoms with E-state index in [9.17, 15) is 13.2 Å². The van der Waals surface area contributed by atoms with Crippen molar-refractivity contribution in [2.45, 2.75) is 50.6 Å². The number of rotatable bonds is 1. The molecule has 3 saturated heterocycles. The number of sulfone groups is 1. The zero-order chi connectivity index (χ0) is 14.6. The second-order valence-corrected chi connectivity index (χ2v) is 9.86. The van der Waals surface area contributed by atoms with Crippen molar-refractivity contribution >= 4 is 15.9 Å². The van der Waals surface area contributed by atoms with Gasteiger partial charge in [0, 0.05) is 18.6 Å². The Balaban J connectivity index is 1.45. The van der Waals surface area contributed by atoms with Crippen LogP contribution in [0.5, 0.6) is 0 Å². The van der Waals surface area contributed by atoms with Crippen molar-refractivity contribution in [3.63, 3.8) is 0 Å². The number of carbonyl (C=O) groups excluding carboxylic acids is 1. The fraction of sp³-hybridized carbons (Fsp3) is 0.933. The molecule has 5 atom stereocenters. The molecule has 0 radical (unpaired) electrons. The number of carbonyl (C=O) groups is 1. The molecule has 118 valence electrons. The number of fused-ring (bicyclic) bond motifs is 1. The quantitative estimate of drug-likeness (QED) is 0.796. The Morgan fingerprint density at radius 3 is 2.29 bits per heavy atom. The smallest absolute Gasteiger partial charge is 0.317 e. The predicted molar refractivity (Wildman–Crippen MR) is 79.6 cm³/mol. The average molecular weight is 312 g/mol. The van der Waals surface area contributed by atoms with E-state index in [1.807, 2.05) is 4.90 Å². The van der Waals surface area contributed by atoms with Gasteiger partial charge in [-0.25, -0.2) is 13.2 Å². The molecule has 2 aliphatic carbocycles. The molecule has 6 heteroatoms. The minimum Gasteiger partial charge on any atom is -0.334 e. The topological polar surface area (TPSA) is 66.5 Å². The van der Waals surface area contributed by atoms with E-state index in [1.54, 1.807) is 0 Å². The Bertz CT molecular complexity index is 533. The molecule has 2 unspecified atom stereocenters. The highest BCUT2D eigenvalue weighted by Gasteiger charge is 2.44. The van der Waals surface area contributed by atoms with Gasteiger partial charge in [0.05, 0.1) is 11.5 Å². The van der Waals surface area contributed by atoms with Crippen LogP contribution >= 0.6 is 0 Å². The Labute approximate surface area is 126 Å². The van der Waals surface area contributed by atoms with E-state index in [4.69, 9.17) is 0 Å². The third kappa shape index (κ3) is 2.67. The zero-order valence-corrected chi connectivity index (χ0v) is 13.1. The number of nitrogens with one attached hydrogen (secondary N) is 1. The van der Waals surface area contributed by atoms with Gasteiger partial charge < -0.3 is 10.2 Å². The first-order valence-electron chi connectivity index (χ1n) is 8.26. The fourth-order valence-corrected chi connectivity index (χ4v) is 6.87. The van der Waals surface area contributed by atoms with Gasteiger partial charge >= 0.3 is 6.03 Å². The van der Waals surface area contributed by atoms with Crippen LogP contribution in [0.2, 0.25) is 0 Å². The summed E-state index contributed by atoms with van der Waals surface area (Å²) in [5.74, 6) is 2.63. The molecule has 0 aromatic heterocycles. The maximum atomic E-state index is 12.6. The number of urea groups is 1. The third-order valence-corrected chi connectivity index (χ3v) is 7.70. The van der Waals surface area contributed by atoms with Crippen LogP contribution in [0, 0.1) is 17.8 Å². The molecule has 5 rings (SSSR count). The largest absolute Gasteiger partial charge is 0.334 e. The van der Waals surface area contributed by atoms with Crippen molar-refractivity contribution in [3.05, 3.63) is 0 Å². The van der Waals surface area contributed by atoms with Gasteiger partial charge in [-0.1, -0.05) is 0 Å². The van der Waals surface area contributed by atoms with Gasteiger partial charge in [0.15, 0.2) is 9.84 Å². The molecular weight excluding hydrogens is 288 g/mol. The van der Waals surface area contributed by atoms with Gasteiger partial charge in [-0.15, -0.1) is 0 Å². The second-order valence-electron chi connectivity index (χ2n) is 7.63. The Kier molecular flexibility index (Phi) is 3.21. The number of nitrogens with zero attached hydrogens (tertiary/aromatic N) is 1. The van der Waals surface area contributed by atoms with Crippen LogP contribution in [0.15, 0.2) is 0 Å². The lowest BCUT2D eigenvalue weighted by molar-refractivity contribution is 0.131. The van der Waals surface area contributed by atoms with Crippen molar-refractivity contribution in [1.82, 2.24) is 10.2 Å². The molecule has 0 spiro atoms. The molecule has 5 fully saturated rings. The van der Waals surface area contributed by atoms with Crippen LogP contribution in [0.3, 0.4) is 0 Å². The van der Waals surface area contributed by atoms with Crippen molar-refractivity contribution in [2.24, 2.45) is 17.8 Å². The monoisotopic (exact) mass is 312 g/mol. The van der Waals surface area contributed by atoms with Crippen molar-refractivity contribution in [3.8, 4) is 0 Å². The first-order valence-corrected chi connectivity index (χ1v) is 10.1. The number of amides is 2. The Morgan fingerprint density at radius 2 is 1.67 bits per heavy atom. The molecule has 1 N–H and O–H groups in total. The summed E-state index contributed by atoms with van der Waals surface area (Å²) in [6, 6.07) is 0.190. The Morgan fingerprint density at radius 1 is 1.00 bits per heavy atom. The van der Waals surface area contributed by atoms with Crippen molar-refractivity contribution in [1.29, 1.82) is 0 Å². The van der Waals surface area contributed by atoms with E-state index in [0.29, 0.717) is 18.4 Å². The molecule has 0 aromatic rings.